The molecule has 1 saturated heterocycles. The second-order valence-electron chi connectivity index (χ2n) is 7.96. The molecule has 2 aromatic rings. The van der Waals surface area contributed by atoms with E-state index in [0.717, 1.165) is 49.2 Å². The van der Waals surface area contributed by atoms with Crippen LogP contribution in [0, 0.1) is 6.92 Å². The van der Waals surface area contributed by atoms with E-state index in [-0.39, 0.29) is 12.1 Å². The lowest BCUT2D eigenvalue weighted by Gasteiger charge is -2.31. The van der Waals surface area contributed by atoms with Crippen LogP contribution in [0.5, 0.6) is 5.75 Å². The van der Waals surface area contributed by atoms with Crippen molar-refractivity contribution in [1.29, 1.82) is 0 Å². The summed E-state index contributed by atoms with van der Waals surface area (Å²) in [6.07, 6.45) is 4.34. The topological polar surface area (TPSA) is 41.6 Å². The first-order valence-electron chi connectivity index (χ1n) is 10.3. The Balaban J connectivity index is 1.87. The summed E-state index contributed by atoms with van der Waals surface area (Å²) in [5, 5.41) is 3.24. The molecule has 150 valence electrons. The molecule has 1 N–H and O–H groups in total. The van der Waals surface area contributed by atoms with Crippen molar-refractivity contribution in [2.75, 3.05) is 19.0 Å². The minimum absolute atomic E-state index is 0.00100. The van der Waals surface area contributed by atoms with E-state index in [1.165, 1.54) is 11.1 Å². The number of urea groups is 1. The van der Waals surface area contributed by atoms with Gasteiger partial charge in [0.25, 0.3) is 0 Å². The van der Waals surface area contributed by atoms with Crippen LogP contribution in [-0.2, 0) is 0 Å². The van der Waals surface area contributed by atoms with Gasteiger partial charge in [-0.3, -0.25) is 0 Å². The van der Waals surface area contributed by atoms with Gasteiger partial charge in [-0.1, -0.05) is 57.0 Å². The summed E-state index contributed by atoms with van der Waals surface area (Å²) >= 11 is 0. The van der Waals surface area contributed by atoms with Crippen LogP contribution >= 0.6 is 0 Å². The number of nitrogens with zero attached hydrogens (tertiary/aromatic N) is 1. The maximum Gasteiger partial charge on any atom is 0.322 e. The molecule has 1 heterocycles. The molecule has 0 aromatic heterocycles. The largest absolute Gasteiger partial charge is 0.497 e. The third-order valence-corrected chi connectivity index (χ3v) is 5.67. The summed E-state index contributed by atoms with van der Waals surface area (Å²) in [6.45, 7) is 7.17. The van der Waals surface area contributed by atoms with E-state index in [4.69, 9.17) is 4.74 Å². The molecule has 28 heavy (non-hydrogen) atoms. The van der Waals surface area contributed by atoms with Crippen LogP contribution in [0.1, 0.15) is 68.2 Å². The van der Waals surface area contributed by atoms with E-state index in [0.29, 0.717) is 5.92 Å². The van der Waals surface area contributed by atoms with Gasteiger partial charge in [0.15, 0.2) is 0 Å². The fraction of sp³-hybridized carbons (Fsp3) is 0.458. The van der Waals surface area contributed by atoms with Gasteiger partial charge in [-0.2, -0.15) is 0 Å². The van der Waals surface area contributed by atoms with Crippen LogP contribution < -0.4 is 10.1 Å². The SMILES string of the molecule is COc1ccc([C@H]2CCCCCN2C(=O)Nc2c(C)cccc2C(C)C)cc1. The lowest BCUT2D eigenvalue weighted by molar-refractivity contribution is 0.189. The van der Waals surface area contributed by atoms with Crippen LogP contribution in [0.3, 0.4) is 0 Å². The van der Waals surface area contributed by atoms with Gasteiger partial charge in [0.05, 0.1) is 13.2 Å². The van der Waals surface area contributed by atoms with Gasteiger partial charge < -0.3 is 15.0 Å². The van der Waals surface area contributed by atoms with Gasteiger partial charge in [0.2, 0.25) is 0 Å². The smallest absolute Gasteiger partial charge is 0.322 e. The number of ether oxygens (including phenoxy) is 1. The molecule has 4 nitrogen and oxygen atoms in total. The Labute approximate surface area is 168 Å². The van der Waals surface area contributed by atoms with E-state index in [9.17, 15) is 4.79 Å². The molecular weight excluding hydrogens is 348 g/mol. The second-order valence-corrected chi connectivity index (χ2v) is 7.96. The molecule has 0 radical (unpaired) electrons. The lowest BCUT2D eigenvalue weighted by Crippen LogP contribution is -2.38. The highest BCUT2D eigenvalue weighted by molar-refractivity contribution is 5.91. The number of benzene rings is 2. The molecule has 1 fully saturated rings. The van der Waals surface area contributed by atoms with Crippen molar-refractivity contribution in [1.82, 2.24) is 4.90 Å². The molecule has 1 aliphatic heterocycles. The number of carbonyl (C=O) groups excluding carboxylic acids is 1. The van der Waals surface area contributed by atoms with E-state index in [2.05, 4.69) is 56.4 Å². The van der Waals surface area contributed by atoms with Crippen molar-refractivity contribution in [3.8, 4) is 5.75 Å². The van der Waals surface area contributed by atoms with Crippen molar-refractivity contribution in [3.05, 3.63) is 59.2 Å². The highest BCUT2D eigenvalue weighted by Crippen LogP contribution is 2.33. The summed E-state index contributed by atoms with van der Waals surface area (Å²) in [7, 11) is 1.68. The van der Waals surface area contributed by atoms with Gasteiger partial charge >= 0.3 is 6.03 Å². The van der Waals surface area contributed by atoms with Crippen LogP contribution in [0.4, 0.5) is 10.5 Å². The lowest BCUT2D eigenvalue weighted by atomic mass is 9.98. The summed E-state index contributed by atoms with van der Waals surface area (Å²) < 4.78 is 5.29. The Morgan fingerprint density at radius 3 is 2.54 bits per heavy atom. The number of carbonyl (C=O) groups is 1. The zero-order valence-corrected chi connectivity index (χ0v) is 17.5. The zero-order chi connectivity index (χ0) is 20.1. The second kappa shape index (κ2) is 9.13. The number of likely N-dealkylation sites (tertiary alicyclic amines) is 1. The van der Waals surface area contributed by atoms with Crippen molar-refractivity contribution in [2.45, 2.75) is 58.4 Å². The molecular formula is C24H32N2O2. The molecule has 1 atom stereocenters. The number of hydrogen-bond acceptors (Lipinski definition) is 2. The van der Waals surface area contributed by atoms with Crippen molar-refractivity contribution < 1.29 is 9.53 Å². The third-order valence-electron chi connectivity index (χ3n) is 5.67. The van der Waals surface area contributed by atoms with Gasteiger partial charge in [-0.05, 0) is 54.5 Å². The number of aryl methyl sites for hydroxylation is 1. The Kier molecular flexibility index (Phi) is 6.61. The van der Waals surface area contributed by atoms with Crippen LogP contribution in [0.2, 0.25) is 0 Å². The summed E-state index contributed by atoms with van der Waals surface area (Å²) in [5.74, 6) is 1.20. The zero-order valence-electron chi connectivity index (χ0n) is 17.5. The van der Waals surface area contributed by atoms with Gasteiger partial charge in [-0.25, -0.2) is 4.79 Å². The number of hydrogen-bond donors (Lipinski definition) is 1. The van der Waals surface area contributed by atoms with Crippen molar-refractivity contribution in [2.24, 2.45) is 0 Å². The molecule has 1 aliphatic rings. The molecule has 0 saturated carbocycles. The third kappa shape index (κ3) is 4.49. The molecule has 0 aliphatic carbocycles. The first-order valence-corrected chi connectivity index (χ1v) is 10.3. The monoisotopic (exact) mass is 380 g/mol. The highest BCUT2D eigenvalue weighted by atomic mass is 16.5. The average Bonchev–Trinajstić information content (AvgIpc) is 2.95. The van der Waals surface area contributed by atoms with E-state index < -0.39 is 0 Å². The van der Waals surface area contributed by atoms with Gasteiger partial charge in [-0.15, -0.1) is 0 Å². The molecule has 0 bridgehead atoms. The molecule has 4 heteroatoms. The van der Waals surface area contributed by atoms with Crippen LogP contribution in [-0.4, -0.2) is 24.6 Å². The number of anilines is 1. The standard InChI is InChI=1S/C24H32N2O2/c1-17(2)21-10-8-9-18(3)23(21)25-24(27)26-16-7-5-6-11-22(26)19-12-14-20(28-4)15-13-19/h8-10,12-15,17,22H,5-7,11,16H2,1-4H3,(H,25,27)/t22-/m1/s1. The van der Waals surface area contributed by atoms with Crippen molar-refractivity contribution >= 4 is 11.7 Å². The first kappa shape index (κ1) is 20.2. The normalized spacial score (nSPS) is 17.3. The number of para-hydroxylation sites is 1. The Hall–Kier alpha value is -2.49. The fourth-order valence-corrected chi connectivity index (χ4v) is 4.05. The highest BCUT2D eigenvalue weighted by Gasteiger charge is 2.27. The van der Waals surface area contributed by atoms with Crippen LogP contribution in [0.25, 0.3) is 0 Å². The summed E-state index contributed by atoms with van der Waals surface area (Å²) in [5.41, 5.74) is 4.42. The van der Waals surface area contributed by atoms with Gasteiger partial charge in [0, 0.05) is 12.2 Å². The molecule has 0 unspecified atom stereocenters. The Morgan fingerprint density at radius 2 is 1.86 bits per heavy atom. The summed E-state index contributed by atoms with van der Waals surface area (Å²) in [4.78, 5) is 15.4. The predicted molar refractivity (Wildman–Crippen MR) is 115 cm³/mol. The van der Waals surface area contributed by atoms with E-state index in [1.807, 2.05) is 17.0 Å². The van der Waals surface area contributed by atoms with Crippen LogP contribution in [0.15, 0.2) is 42.5 Å². The number of amides is 2. The minimum atomic E-state index is -0.00100. The predicted octanol–water partition coefficient (Wildman–Crippen LogP) is 6.28. The molecule has 2 aromatic carbocycles. The maximum absolute atomic E-state index is 13.3. The molecule has 2 amide bonds. The fourth-order valence-electron chi connectivity index (χ4n) is 4.05. The molecule has 3 rings (SSSR count). The first-order chi connectivity index (χ1) is 13.5. The number of methoxy groups -OCH3 is 1. The van der Waals surface area contributed by atoms with Crippen molar-refractivity contribution in [3.63, 3.8) is 0 Å². The average molecular weight is 381 g/mol. The molecule has 0 spiro atoms. The number of nitrogens with one attached hydrogen (secondary N) is 1. The maximum atomic E-state index is 13.3. The Morgan fingerprint density at radius 1 is 1.11 bits per heavy atom. The minimum Gasteiger partial charge on any atom is -0.497 e. The van der Waals surface area contributed by atoms with E-state index >= 15 is 0 Å². The van der Waals surface area contributed by atoms with E-state index in [1.54, 1.807) is 7.11 Å². The Bertz CT molecular complexity index is 799. The quantitative estimate of drug-likeness (QED) is 0.678. The number of rotatable bonds is 4. The van der Waals surface area contributed by atoms with Gasteiger partial charge in [0.1, 0.15) is 5.75 Å². The summed E-state index contributed by atoms with van der Waals surface area (Å²) in [6, 6.07) is 14.5.